The second-order valence-electron chi connectivity index (χ2n) is 4.37. The third-order valence-corrected chi connectivity index (χ3v) is 3.83. The Morgan fingerprint density at radius 1 is 1.36 bits per heavy atom. The first-order chi connectivity index (χ1) is 10.6. The maximum atomic E-state index is 11.9. The molecule has 112 valence electrons. The van der Waals surface area contributed by atoms with Crippen molar-refractivity contribution in [3.05, 3.63) is 57.4 Å². The smallest absolute Gasteiger partial charge is 0.387 e. The number of hydrogen-bond acceptors (Lipinski definition) is 5. The SMILES string of the molecule is O=C(Cn1nc(-c2cccs2)oc1=O)Nc1cccc(Cl)c1. The van der Waals surface area contributed by atoms with Crippen LogP contribution in [0, 0.1) is 0 Å². The highest BCUT2D eigenvalue weighted by Crippen LogP contribution is 2.21. The van der Waals surface area contributed by atoms with Crippen LogP contribution in [0.5, 0.6) is 0 Å². The van der Waals surface area contributed by atoms with Crippen LogP contribution in [0.3, 0.4) is 0 Å². The molecule has 8 heteroatoms. The summed E-state index contributed by atoms with van der Waals surface area (Å²) in [5.74, 6) is -0.865. The molecule has 0 fully saturated rings. The van der Waals surface area contributed by atoms with Gasteiger partial charge in [-0.3, -0.25) is 4.79 Å². The van der Waals surface area contributed by atoms with Crippen molar-refractivity contribution in [2.45, 2.75) is 6.54 Å². The molecular formula is C14H10ClN3O3S. The highest BCUT2D eigenvalue weighted by Gasteiger charge is 2.14. The van der Waals surface area contributed by atoms with E-state index < -0.39 is 11.7 Å². The second kappa shape index (κ2) is 6.17. The molecule has 0 saturated heterocycles. The summed E-state index contributed by atoms with van der Waals surface area (Å²) < 4.78 is 6.02. The standard InChI is InChI=1S/C14H10ClN3O3S/c15-9-3-1-4-10(7-9)16-12(19)8-18-14(20)21-13(17-18)11-5-2-6-22-11/h1-7H,8H2,(H,16,19). The lowest BCUT2D eigenvalue weighted by Gasteiger charge is -2.04. The molecule has 22 heavy (non-hydrogen) atoms. The van der Waals surface area contributed by atoms with Crippen LogP contribution in [-0.2, 0) is 11.3 Å². The van der Waals surface area contributed by atoms with Gasteiger partial charge in [0.1, 0.15) is 6.54 Å². The van der Waals surface area contributed by atoms with Gasteiger partial charge in [-0.25, -0.2) is 4.79 Å². The zero-order chi connectivity index (χ0) is 15.5. The normalized spacial score (nSPS) is 10.6. The van der Waals surface area contributed by atoms with Gasteiger partial charge in [0.05, 0.1) is 4.88 Å². The predicted molar refractivity (Wildman–Crippen MR) is 84.2 cm³/mol. The molecule has 0 aliphatic rings. The van der Waals surface area contributed by atoms with E-state index >= 15 is 0 Å². The van der Waals surface area contributed by atoms with Crippen LogP contribution >= 0.6 is 22.9 Å². The molecule has 0 unspecified atom stereocenters. The summed E-state index contributed by atoms with van der Waals surface area (Å²) in [6.45, 7) is -0.236. The number of nitrogens with one attached hydrogen (secondary N) is 1. The highest BCUT2D eigenvalue weighted by molar-refractivity contribution is 7.13. The monoisotopic (exact) mass is 335 g/mol. The number of carbonyl (C=O) groups is 1. The minimum absolute atomic E-state index is 0.204. The fraction of sp³-hybridized carbons (Fsp3) is 0.0714. The van der Waals surface area contributed by atoms with Crippen LogP contribution in [0.2, 0.25) is 5.02 Å². The quantitative estimate of drug-likeness (QED) is 0.795. The highest BCUT2D eigenvalue weighted by atomic mass is 35.5. The topological polar surface area (TPSA) is 77.1 Å². The first-order valence-corrected chi connectivity index (χ1v) is 7.55. The van der Waals surface area contributed by atoms with Gasteiger partial charge in [0.15, 0.2) is 0 Å². The lowest BCUT2D eigenvalue weighted by molar-refractivity contribution is -0.117. The van der Waals surface area contributed by atoms with Crippen molar-refractivity contribution in [2.75, 3.05) is 5.32 Å². The lowest BCUT2D eigenvalue weighted by Crippen LogP contribution is -2.25. The van der Waals surface area contributed by atoms with E-state index in [1.165, 1.54) is 11.3 Å². The maximum Gasteiger partial charge on any atom is 0.437 e. The van der Waals surface area contributed by atoms with Crippen LogP contribution in [0.15, 0.2) is 51.0 Å². The summed E-state index contributed by atoms with van der Waals surface area (Å²) in [6, 6.07) is 10.3. The van der Waals surface area contributed by atoms with Crippen LogP contribution in [0.4, 0.5) is 5.69 Å². The molecule has 2 heterocycles. The molecule has 0 bridgehead atoms. The zero-order valence-electron chi connectivity index (χ0n) is 11.2. The Bertz CT molecular complexity index is 854. The molecule has 0 saturated carbocycles. The Labute approximate surface area is 134 Å². The molecule has 1 N–H and O–H groups in total. The Kier molecular flexibility index (Phi) is 4.08. The number of nitrogens with zero attached hydrogens (tertiary/aromatic N) is 2. The maximum absolute atomic E-state index is 11.9. The predicted octanol–water partition coefficient (Wildman–Crippen LogP) is 2.86. The minimum atomic E-state index is -0.676. The molecule has 6 nitrogen and oxygen atoms in total. The molecule has 0 aliphatic heterocycles. The Hall–Kier alpha value is -2.38. The molecule has 0 radical (unpaired) electrons. The van der Waals surface area contributed by atoms with Gasteiger partial charge in [-0.05, 0) is 29.6 Å². The number of carbonyl (C=O) groups excluding carboxylic acids is 1. The Balaban J connectivity index is 1.73. The number of hydrogen-bond donors (Lipinski definition) is 1. The summed E-state index contributed by atoms with van der Waals surface area (Å²) in [6.07, 6.45) is 0. The van der Waals surface area contributed by atoms with Crippen molar-refractivity contribution in [1.29, 1.82) is 0 Å². The third-order valence-electron chi connectivity index (χ3n) is 2.74. The first-order valence-electron chi connectivity index (χ1n) is 6.29. The van der Waals surface area contributed by atoms with Gasteiger partial charge in [-0.2, -0.15) is 4.68 Å². The van der Waals surface area contributed by atoms with Gasteiger partial charge in [0.25, 0.3) is 5.89 Å². The van der Waals surface area contributed by atoms with Crippen molar-refractivity contribution in [3.8, 4) is 10.8 Å². The van der Waals surface area contributed by atoms with Crippen molar-refractivity contribution < 1.29 is 9.21 Å². The molecule has 0 atom stereocenters. The number of thiophene rings is 1. The molecule has 0 spiro atoms. The van der Waals surface area contributed by atoms with E-state index in [-0.39, 0.29) is 12.4 Å². The zero-order valence-corrected chi connectivity index (χ0v) is 12.7. The number of rotatable bonds is 4. The summed E-state index contributed by atoms with van der Waals surface area (Å²) in [5.41, 5.74) is 0.549. The Morgan fingerprint density at radius 2 is 2.23 bits per heavy atom. The summed E-state index contributed by atoms with van der Waals surface area (Å²) in [4.78, 5) is 24.4. The van der Waals surface area contributed by atoms with Gasteiger partial charge in [0, 0.05) is 10.7 Å². The largest absolute Gasteiger partial charge is 0.437 e. The van der Waals surface area contributed by atoms with Crippen molar-refractivity contribution in [3.63, 3.8) is 0 Å². The summed E-state index contributed by atoms with van der Waals surface area (Å²) >= 11 is 7.24. The Morgan fingerprint density at radius 3 is 2.95 bits per heavy atom. The average molecular weight is 336 g/mol. The van der Waals surface area contributed by atoms with Crippen LogP contribution in [-0.4, -0.2) is 15.7 Å². The van der Waals surface area contributed by atoms with Gasteiger partial charge < -0.3 is 9.73 Å². The summed E-state index contributed by atoms with van der Waals surface area (Å²) in [5, 5.41) is 9.01. The van der Waals surface area contributed by atoms with Gasteiger partial charge in [-0.15, -0.1) is 16.4 Å². The fourth-order valence-electron chi connectivity index (χ4n) is 1.81. The van der Waals surface area contributed by atoms with Gasteiger partial charge in [-0.1, -0.05) is 23.7 Å². The van der Waals surface area contributed by atoms with E-state index in [0.717, 1.165) is 9.56 Å². The molecule has 1 aromatic carbocycles. The van der Waals surface area contributed by atoms with E-state index in [1.54, 1.807) is 30.3 Å². The van der Waals surface area contributed by atoms with E-state index in [0.29, 0.717) is 10.7 Å². The van der Waals surface area contributed by atoms with Crippen molar-refractivity contribution in [1.82, 2.24) is 9.78 Å². The first kappa shape index (κ1) is 14.6. The van der Waals surface area contributed by atoms with E-state index in [1.807, 2.05) is 11.4 Å². The van der Waals surface area contributed by atoms with E-state index in [2.05, 4.69) is 10.4 Å². The summed E-state index contributed by atoms with van der Waals surface area (Å²) in [7, 11) is 0. The van der Waals surface area contributed by atoms with Gasteiger partial charge in [0.2, 0.25) is 5.91 Å². The number of aromatic nitrogens is 2. The average Bonchev–Trinajstić information content (AvgIpc) is 3.09. The second-order valence-corrected chi connectivity index (χ2v) is 5.75. The van der Waals surface area contributed by atoms with Crippen molar-refractivity contribution >= 4 is 34.5 Å². The molecule has 1 amide bonds. The molecule has 3 rings (SSSR count). The van der Waals surface area contributed by atoms with Crippen LogP contribution in [0.1, 0.15) is 0 Å². The number of anilines is 1. The van der Waals surface area contributed by atoms with E-state index in [9.17, 15) is 9.59 Å². The molecule has 0 aliphatic carbocycles. The molecule has 3 aromatic rings. The van der Waals surface area contributed by atoms with Crippen molar-refractivity contribution in [2.24, 2.45) is 0 Å². The number of benzene rings is 1. The van der Waals surface area contributed by atoms with Crippen LogP contribution < -0.4 is 11.1 Å². The molecular weight excluding hydrogens is 326 g/mol. The minimum Gasteiger partial charge on any atom is -0.387 e. The van der Waals surface area contributed by atoms with Crippen LogP contribution in [0.25, 0.3) is 10.8 Å². The number of halogens is 1. The number of amides is 1. The molecule has 2 aromatic heterocycles. The third kappa shape index (κ3) is 3.26. The lowest BCUT2D eigenvalue weighted by atomic mass is 10.3. The van der Waals surface area contributed by atoms with E-state index in [4.69, 9.17) is 16.0 Å². The fourth-order valence-corrected chi connectivity index (χ4v) is 2.64. The van der Waals surface area contributed by atoms with Gasteiger partial charge >= 0.3 is 5.76 Å².